The zero-order valence-corrected chi connectivity index (χ0v) is 8.70. The van der Waals surface area contributed by atoms with Gasteiger partial charge < -0.3 is 5.11 Å². The van der Waals surface area contributed by atoms with E-state index >= 15 is 0 Å². The third-order valence-corrected chi connectivity index (χ3v) is 2.08. The molecule has 1 N–H and O–H groups in total. The third-order valence-electron chi connectivity index (χ3n) is 2.08. The lowest BCUT2D eigenvalue weighted by molar-refractivity contribution is -0.131. The molecule has 0 fully saturated rings. The van der Waals surface area contributed by atoms with Gasteiger partial charge >= 0.3 is 5.97 Å². The summed E-state index contributed by atoms with van der Waals surface area (Å²) >= 11 is 0. The molecule has 0 saturated carbocycles. The van der Waals surface area contributed by atoms with Gasteiger partial charge in [-0.3, -0.25) is 0 Å². The van der Waals surface area contributed by atoms with Crippen molar-refractivity contribution in [3.63, 3.8) is 0 Å². The minimum Gasteiger partial charge on any atom is -0.478 e. The zero-order valence-electron chi connectivity index (χ0n) is 8.70. The molecule has 0 aromatic heterocycles. The zero-order chi connectivity index (χ0) is 11.4. The first-order valence-electron chi connectivity index (χ1n) is 4.71. The van der Waals surface area contributed by atoms with Crippen molar-refractivity contribution in [1.29, 1.82) is 0 Å². The molecule has 1 aromatic carbocycles. The molecule has 0 unspecified atom stereocenters. The summed E-state index contributed by atoms with van der Waals surface area (Å²) in [7, 11) is 0. The smallest absolute Gasteiger partial charge is 0.328 e. The molecule has 0 radical (unpaired) electrons. The second-order valence-corrected chi connectivity index (χ2v) is 3.60. The van der Waals surface area contributed by atoms with Gasteiger partial charge in [-0.05, 0) is 29.2 Å². The summed E-state index contributed by atoms with van der Waals surface area (Å²) in [5.41, 5.74) is 1.44. The Labute approximate surface area is 88.1 Å². The minimum atomic E-state index is -0.983. The van der Waals surface area contributed by atoms with Gasteiger partial charge in [0.05, 0.1) is 0 Å². The van der Waals surface area contributed by atoms with Gasteiger partial charge in [-0.15, -0.1) is 0 Å². The first kappa shape index (κ1) is 11.4. The molecule has 1 aromatic rings. The van der Waals surface area contributed by atoms with Gasteiger partial charge in [0, 0.05) is 6.08 Å². The molecule has 0 saturated heterocycles. The number of rotatable bonds is 3. The number of halogens is 1. The number of carboxylic acids is 1. The molecule has 2 nitrogen and oxygen atoms in total. The average molecular weight is 208 g/mol. The average Bonchev–Trinajstić information content (AvgIpc) is 2.15. The van der Waals surface area contributed by atoms with Crippen LogP contribution < -0.4 is 0 Å². The summed E-state index contributed by atoms with van der Waals surface area (Å²) in [6.45, 7) is 3.80. The lowest BCUT2D eigenvalue weighted by Gasteiger charge is -2.10. The number of carboxylic acid groups (broad SMARTS) is 1. The topological polar surface area (TPSA) is 37.3 Å². The van der Waals surface area contributed by atoms with Crippen LogP contribution in [0.1, 0.15) is 19.4 Å². The van der Waals surface area contributed by atoms with Crippen LogP contribution in [0.3, 0.4) is 0 Å². The maximum absolute atomic E-state index is 12.7. The van der Waals surface area contributed by atoms with Crippen molar-refractivity contribution in [3.05, 3.63) is 41.7 Å². The largest absolute Gasteiger partial charge is 0.478 e. The Balaban J connectivity index is 3.10. The summed E-state index contributed by atoms with van der Waals surface area (Å²) in [6, 6.07) is 5.83. The molecule has 0 atom stereocenters. The summed E-state index contributed by atoms with van der Waals surface area (Å²) < 4.78 is 12.7. The Kier molecular flexibility index (Phi) is 3.61. The Morgan fingerprint density at radius 3 is 2.27 bits per heavy atom. The molecule has 0 aliphatic rings. The number of allylic oxidation sites excluding steroid dienone is 1. The lowest BCUT2D eigenvalue weighted by Crippen LogP contribution is -1.98. The van der Waals surface area contributed by atoms with Crippen molar-refractivity contribution < 1.29 is 14.3 Å². The van der Waals surface area contributed by atoms with Gasteiger partial charge in [-0.1, -0.05) is 26.0 Å². The normalized spacial score (nSPS) is 11.9. The predicted molar refractivity (Wildman–Crippen MR) is 56.9 cm³/mol. The Bertz CT molecular complexity index is 377. The van der Waals surface area contributed by atoms with Gasteiger partial charge in [-0.25, -0.2) is 9.18 Å². The van der Waals surface area contributed by atoms with Crippen molar-refractivity contribution in [2.75, 3.05) is 0 Å². The first-order chi connectivity index (χ1) is 7.00. The number of hydrogen-bond donors (Lipinski definition) is 1. The molecule has 1 rings (SSSR count). The van der Waals surface area contributed by atoms with E-state index in [0.717, 1.165) is 11.6 Å². The van der Waals surface area contributed by atoms with E-state index < -0.39 is 5.97 Å². The molecule has 80 valence electrons. The second-order valence-electron chi connectivity index (χ2n) is 3.60. The van der Waals surface area contributed by atoms with Crippen LogP contribution in [-0.4, -0.2) is 11.1 Å². The second kappa shape index (κ2) is 4.73. The highest BCUT2D eigenvalue weighted by atomic mass is 19.1. The minimum absolute atomic E-state index is 0.0894. The highest BCUT2D eigenvalue weighted by Gasteiger charge is 2.08. The molecular weight excluding hydrogens is 195 g/mol. The molecule has 0 spiro atoms. The van der Waals surface area contributed by atoms with E-state index in [4.69, 9.17) is 5.11 Å². The summed E-state index contributed by atoms with van der Waals surface area (Å²) in [6.07, 6.45) is 1.16. The molecular formula is C12H13FO2. The Hall–Kier alpha value is -1.64. The van der Waals surface area contributed by atoms with Gasteiger partial charge in [0.2, 0.25) is 0 Å². The van der Waals surface area contributed by atoms with E-state index in [0.29, 0.717) is 5.57 Å². The first-order valence-corrected chi connectivity index (χ1v) is 4.71. The van der Waals surface area contributed by atoms with Crippen molar-refractivity contribution in [1.82, 2.24) is 0 Å². The van der Waals surface area contributed by atoms with Gasteiger partial charge in [-0.2, -0.15) is 0 Å². The molecule has 0 amide bonds. The van der Waals surface area contributed by atoms with E-state index in [1.165, 1.54) is 12.1 Å². The van der Waals surface area contributed by atoms with E-state index in [2.05, 4.69) is 0 Å². The van der Waals surface area contributed by atoms with Crippen LogP contribution in [0.5, 0.6) is 0 Å². The van der Waals surface area contributed by atoms with E-state index in [-0.39, 0.29) is 11.7 Å². The van der Waals surface area contributed by atoms with Crippen LogP contribution in [0, 0.1) is 11.7 Å². The molecule has 0 heterocycles. The molecule has 15 heavy (non-hydrogen) atoms. The maximum Gasteiger partial charge on any atom is 0.328 e. The highest BCUT2D eigenvalue weighted by molar-refractivity contribution is 5.90. The van der Waals surface area contributed by atoms with Crippen molar-refractivity contribution in [3.8, 4) is 0 Å². The number of aliphatic carboxylic acids is 1. The molecule has 0 aliphatic carbocycles. The number of benzene rings is 1. The van der Waals surface area contributed by atoms with E-state index in [1.54, 1.807) is 12.1 Å². The van der Waals surface area contributed by atoms with Crippen molar-refractivity contribution in [2.45, 2.75) is 13.8 Å². The van der Waals surface area contributed by atoms with Gasteiger partial charge in [0.15, 0.2) is 0 Å². The standard InChI is InChI=1S/C12H13FO2/c1-8(2)11(7-12(14)15)9-3-5-10(13)6-4-9/h3-8H,1-2H3,(H,14,15). The van der Waals surface area contributed by atoms with Crippen LogP contribution in [0.25, 0.3) is 5.57 Å². The van der Waals surface area contributed by atoms with Gasteiger partial charge in [0.25, 0.3) is 0 Å². The maximum atomic E-state index is 12.7. The SMILES string of the molecule is CC(C)C(=CC(=O)O)c1ccc(F)cc1. The van der Waals surface area contributed by atoms with Crippen LogP contribution in [0.4, 0.5) is 4.39 Å². The van der Waals surface area contributed by atoms with Crippen LogP contribution >= 0.6 is 0 Å². The Morgan fingerprint density at radius 1 is 1.33 bits per heavy atom. The monoisotopic (exact) mass is 208 g/mol. The molecule has 3 heteroatoms. The van der Waals surface area contributed by atoms with E-state index in [1.807, 2.05) is 13.8 Å². The van der Waals surface area contributed by atoms with Crippen molar-refractivity contribution in [2.24, 2.45) is 5.92 Å². The van der Waals surface area contributed by atoms with Crippen LogP contribution in [0.2, 0.25) is 0 Å². The van der Waals surface area contributed by atoms with E-state index in [9.17, 15) is 9.18 Å². The quantitative estimate of drug-likeness (QED) is 0.775. The Morgan fingerprint density at radius 2 is 1.87 bits per heavy atom. The number of carbonyl (C=O) groups is 1. The summed E-state index contributed by atoms with van der Waals surface area (Å²) in [4.78, 5) is 10.6. The summed E-state index contributed by atoms with van der Waals surface area (Å²) in [5.74, 6) is -1.22. The van der Waals surface area contributed by atoms with Crippen molar-refractivity contribution >= 4 is 11.5 Å². The third kappa shape index (κ3) is 3.20. The molecule has 0 bridgehead atoms. The fourth-order valence-corrected chi connectivity index (χ4v) is 1.36. The van der Waals surface area contributed by atoms with Crippen LogP contribution in [0.15, 0.2) is 30.3 Å². The lowest BCUT2D eigenvalue weighted by atomic mass is 9.95. The number of hydrogen-bond acceptors (Lipinski definition) is 1. The summed E-state index contributed by atoms with van der Waals surface area (Å²) in [5, 5.41) is 8.70. The fourth-order valence-electron chi connectivity index (χ4n) is 1.36. The predicted octanol–water partition coefficient (Wildman–Crippen LogP) is 2.95. The van der Waals surface area contributed by atoms with Crippen LogP contribution in [-0.2, 0) is 4.79 Å². The van der Waals surface area contributed by atoms with Gasteiger partial charge in [0.1, 0.15) is 5.82 Å². The molecule has 0 aliphatic heterocycles. The fraction of sp³-hybridized carbons (Fsp3) is 0.250. The highest BCUT2D eigenvalue weighted by Crippen LogP contribution is 2.22.